The lowest BCUT2D eigenvalue weighted by Gasteiger charge is -2.10. The molecule has 0 aromatic carbocycles. The Morgan fingerprint density at radius 2 is 1.67 bits per heavy atom. The van der Waals surface area contributed by atoms with Gasteiger partial charge in [-0.2, -0.15) is 0 Å². The minimum atomic E-state index is -2.68. The lowest BCUT2D eigenvalue weighted by atomic mass is 10.7. The molecule has 7 heteroatoms. The molecule has 0 aliphatic heterocycles. The Hall–Kier alpha value is -0.920. The van der Waals surface area contributed by atoms with Gasteiger partial charge in [0.2, 0.25) is 0 Å². The average Bonchev–Trinajstić information content (AvgIpc) is 1.52. The summed E-state index contributed by atoms with van der Waals surface area (Å²) in [6.07, 6.45) is 0. The zero-order valence-corrected chi connectivity index (χ0v) is 7.51. The molecule has 12 heavy (non-hydrogen) atoms. The largest absolute Gasteiger partial charge is 0.345 e. The summed E-state index contributed by atoms with van der Waals surface area (Å²) in [4.78, 5) is 14.5. The van der Waals surface area contributed by atoms with E-state index in [1.165, 1.54) is 0 Å². The van der Waals surface area contributed by atoms with Crippen molar-refractivity contribution in [3.8, 4) is 0 Å². The predicted molar refractivity (Wildman–Crippen MR) is 40.5 cm³/mol. The van der Waals surface area contributed by atoms with Crippen LogP contribution in [0, 0.1) is 10.1 Å². The molecule has 0 aromatic rings. The lowest BCUT2D eigenvalue weighted by Crippen LogP contribution is -2.29. The molecule has 0 radical (unpaired) electrons. The predicted octanol–water partition coefficient (Wildman–Crippen LogP) is -0.969. The second-order valence-electron chi connectivity index (χ2n) is 2.59. The number of rotatable bonds is 2. The van der Waals surface area contributed by atoms with Crippen LogP contribution in [0.25, 0.3) is 0 Å². The summed E-state index contributed by atoms with van der Waals surface area (Å²) >= 11 is 0. The van der Waals surface area contributed by atoms with E-state index >= 15 is 0 Å². The van der Waals surface area contributed by atoms with Gasteiger partial charge in [0.1, 0.15) is 0 Å². The van der Waals surface area contributed by atoms with Crippen molar-refractivity contribution in [3.05, 3.63) is 10.1 Å². The molecule has 0 spiro atoms. The highest BCUT2D eigenvalue weighted by molar-refractivity contribution is 4.25. The van der Waals surface area contributed by atoms with Gasteiger partial charge in [-0.25, -0.2) is 4.84 Å². The third kappa shape index (κ3) is 35.6. The standard InChI is InChI=1S/C3H9N.C2H5NO5/c1-4(2)3;1-2(4,5)8-3(6)7/h1-3H3;4-5H,1H3. The minimum absolute atomic E-state index is 0.732. The Balaban J connectivity index is 0. The van der Waals surface area contributed by atoms with Gasteiger partial charge in [-0.1, -0.05) is 0 Å². The topological polar surface area (TPSA) is 96.1 Å². The van der Waals surface area contributed by atoms with Crippen LogP contribution in [-0.4, -0.2) is 47.3 Å². The van der Waals surface area contributed by atoms with Gasteiger partial charge in [-0.05, 0) is 21.1 Å². The number of hydrogen-bond acceptors (Lipinski definition) is 6. The molecule has 0 saturated heterocycles. The molecule has 7 nitrogen and oxygen atoms in total. The Morgan fingerprint density at radius 1 is 1.42 bits per heavy atom. The molecule has 0 atom stereocenters. The van der Waals surface area contributed by atoms with Crippen LogP contribution in [0.5, 0.6) is 0 Å². The van der Waals surface area contributed by atoms with Crippen LogP contribution in [0.4, 0.5) is 0 Å². The fourth-order valence-electron chi connectivity index (χ4n) is 0.141. The molecule has 0 amide bonds. The molecule has 0 unspecified atom stereocenters. The van der Waals surface area contributed by atoms with E-state index in [0.717, 1.165) is 6.92 Å². The average molecular weight is 182 g/mol. The number of aliphatic hydroxyl groups is 2. The molecule has 0 fully saturated rings. The lowest BCUT2D eigenvalue weighted by molar-refractivity contribution is -0.811. The summed E-state index contributed by atoms with van der Waals surface area (Å²) in [7, 11) is 6.00. The molecule has 0 heterocycles. The maximum absolute atomic E-state index is 9.28. The maximum atomic E-state index is 9.28. The third-order valence-electron chi connectivity index (χ3n) is 0.247. The molecular weight excluding hydrogens is 168 g/mol. The van der Waals surface area contributed by atoms with Crippen molar-refractivity contribution < 1.29 is 20.1 Å². The first-order valence-electron chi connectivity index (χ1n) is 3.04. The van der Waals surface area contributed by atoms with Crippen LogP contribution in [-0.2, 0) is 4.84 Å². The fourth-order valence-corrected chi connectivity index (χ4v) is 0.141. The first-order valence-corrected chi connectivity index (χ1v) is 3.04. The Morgan fingerprint density at radius 3 is 1.67 bits per heavy atom. The molecular formula is C5H14N2O5. The van der Waals surface area contributed by atoms with Crippen molar-refractivity contribution in [2.75, 3.05) is 21.1 Å². The highest BCUT2D eigenvalue weighted by atomic mass is 17.0. The fraction of sp³-hybridized carbons (Fsp3) is 1.00. The van der Waals surface area contributed by atoms with Crippen LogP contribution in [0.3, 0.4) is 0 Å². The van der Waals surface area contributed by atoms with E-state index in [4.69, 9.17) is 10.2 Å². The van der Waals surface area contributed by atoms with Crippen molar-refractivity contribution >= 4 is 0 Å². The van der Waals surface area contributed by atoms with E-state index in [2.05, 4.69) is 4.84 Å². The second kappa shape index (κ2) is 5.70. The van der Waals surface area contributed by atoms with Crippen LogP contribution in [0.15, 0.2) is 0 Å². The zero-order chi connectivity index (χ0) is 10.4. The van der Waals surface area contributed by atoms with Crippen molar-refractivity contribution in [3.63, 3.8) is 0 Å². The van der Waals surface area contributed by atoms with Gasteiger partial charge in [0.05, 0.1) is 0 Å². The van der Waals surface area contributed by atoms with Crippen molar-refractivity contribution in [1.29, 1.82) is 0 Å². The molecule has 0 rings (SSSR count). The SMILES string of the molecule is CC(O)(O)O[N+](=O)[O-].CN(C)C. The van der Waals surface area contributed by atoms with Gasteiger partial charge in [0.25, 0.3) is 5.09 Å². The van der Waals surface area contributed by atoms with Gasteiger partial charge in [-0.3, -0.25) is 0 Å². The van der Waals surface area contributed by atoms with Gasteiger partial charge >= 0.3 is 5.97 Å². The van der Waals surface area contributed by atoms with Gasteiger partial charge in [0.15, 0.2) is 0 Å². The molecule has 0 aromatic heterocycles. The Kier molecular flexibility index (Phi) is 6.48. The normalized spacial score (nSPS) is 10.2. The second-order valence-corrected chi connectivity index (χ2v) is 2.59. The first-order chi connectivity index (χ1) is 5.15. The van der Waals surface area contributed by atoms with Crippen LogP contribution in [0.1, 0.15) is 6.92 Å². The van der Waals surface area contributed by atoms with E-state index in [1.807, 2.05) is 26.0 Å². The molecule has 0 aliphatic rings. The summed E-state index contributed by atoms with van der Waals surface area (Å²) < 4.78 is 0. The number of nitrogens with zero attached hydrogens (tertiary/aromatic N) is 2. The monoisotopic (exact) mass is 182 g/mol. The van der Waals surface area contributed by atoms with E-state index in [-0.39, 0.29) is 0 Å². The molecule has 0 bridgehead atoms. The van der Waals surface area contributed by atoms with E-state index in [9.17, 15) is 10.1 Å². The first kappa shape index (κ1) is 13.7. The van der Waals surface area contributed by atoms with E-state index < -0.39 is 11.1 Å². The van der Waals surface area contributed by atoms with Gasteiger partial charge in [0, 0.05) is 6.92 Å². The highest BCUT2D eigenvalue weighted by Gasteiger charge is 2.19. The summed E-state index contributed by atoms with van der Waals surface area (Å²) in [5.74, 6) is -2.68. The Bertz CT molecular complexity index is 128. The van der Waals surface area contributed by atoms with Crippen LogP contribution in [0.2, 0.25) is 0 Å². The third-order valence-corrected chi connectivity index (χ3v) is 0.247. The molecule has 74 valence electrons. The molecule has 2 N–H and O–H groups in total. The molecule has 0 saturated carbocycles. The minimum Gasteiger partial charge on any atom is -0.345 e. The zero-order valence-electron chi connectivity index (χ0n) is 7.51. The van der Waals surface area contributed by atoms with Crippen LogP contribution < -0.4 is 0 Å². The molecule has 0 aliphatic carbocycles. The van der Waals surface area contributed by atoms with Gasteiger partial charge < -0.3 is 15.1 Å². The number of hydrogen-bond donors (Lipinski definition) is 2. The maximum Gasteiger partial charge on any atom is 0.317 e. The van der Waals surface area contributed by atoms with Crippen molar-refractivity contribution in [2.45, 2.75) is 12.9 Å². The van der Waals surface area contributed by atoms with Crippen molar-refractivity contribution in [2.24, 2.45) is 0 Å². The van der Waals surface area contributed by atoms with E-state index in [0.29, 0.717) is 0 Å². The summed E-state index contributed by atoms with van der Waals surface area (Å²) in [6, 6.07) is 0. The Labute approximate surface area is 70.3 Å². The van der Waals surface area contributed by atoms with Gasteiger partial charge in [-0.15, -0.1) is 10.1 Å². The summed E-state index contributed by atoms with van der Waals surface area (Å²) in [6.45, 7) is 0.732. The smallest absolute Gasteiger partial charge is 0.317 e. The van der Waals surface area contributed by atoms with Crippen LogP contribution >= 0.6 is 0 Å². The van der Waals surface area contributed by atoms with E-state index in [1.54, 1.807) is 0 Å². The highest BCUT2D eigenvalue weighted by Crippen LogP contribution is 1.97. The quantitative estimate of drug-likeness (QED) is 0.324. The summed E-state index contributed by atoms with van der Waals surface area (Å²) in [5, 5.41) is 24.1. The van der Waals surface area contributed by atoms with Crippen molar-refractivity contribution in [1.82, 2.24) is 4.90 Å². The summed E-state index contributed by atoms with van der Waals surface area (Å²) in [5.41, 5.74) is 0.